The molecule has 0 rings (SSSR count). The summed E-state index contributed by atoms with van der Waals surface area (Å²) in [6, 6.07) is 0. The van der Waals surface area contributed by atoms with Gasteiger partial charge in [0.2, 0.25) is 0 Å². The van der Waals surface area contributed by atoms with Gasteiger partial charge in [-0.25, -0.2) is 4.79 Å². The van der Waals surface area contributed by atoms with Gasteiger partial charge in [-0.3, -0.25) is 9.59 Å². The summed E-state index contributed by atoms with van der Waals surface area (Å²) < 4.78 is 23.1. The number of carboxylic acid groups (broad SMARTS) is 1. The maximum Gasteiger partial charge on any atom is 0.361 e. The largest absolute Gasteiger partial charge is 0.477 e. The van der Waals surface area contributed by atoms with Crippen LogP contribution in [0.2, 0.25) is 0 Å². The van der Waals surface area contributed by atoms with Crippen molar-refractivity contribution in [2.45, 2.75) is 399 Å². The second-order valence-electron chi connectivity index (χ2n) is 28.7. The van der Waals surface area contributed by atoms with E-state index in [0.717, 1.165) is 77.0 Å². The van der Waals surface area contributed by atoms with Crippen LogP contribution in [-0.2, 0) is 33.3 Å². The molecule has 9 heteroatoms. The van der Waals surface area contributed by atoms with E-state index >= 15 is 0 Å². The van der Waals surface area contributed by atoms with Crippen LogP contribution in [0, 0.1) is 0 Å². The number of aliphatic carboxylic acids is 1. The van der Waals surface area contributed by atoms with Crippen LogP contribution >= 0.6 is 0 Å². The Labute approximate surface area is 589 Å². The molecule has 0 heterocycles. The molecule has 1 N–H and O–H groups in total. The molecular weight excluding hydrogens is 1170 g/mol. The molecule has 0 spiro atoms. The Hall–Kier alpha value is -3.53. The molecule has 95 heavy (non-hydrogen) atoms. The van der Waals surface area contributed by atoms with Gasteiger partial charge >= 0.3 is 17.9 Å². The van der Waals surface area contributed by atoms with Gasteiger partial charge in [0.1, 0.15) is 13.2 Å². The highest BCUT2D eigenvalue weighted by molar-refractivity contribution is 5.71. The molecule has 0 aromatic rings. The van der Waals surface area contributed by atoms with Crippen LogP contribution in [0.4, 0.5) is 0 Å². The molecule has 0 saturated heterocycles. The van der Waals surface area contributed by atoms with E-state index < -0.39 is 18.4 Å². The Morgan fingerprint density at radius 3 is 0.895 bits per heavy atom. The number of nitrogens with zero attached hydrogens (tertiary/aromatic N) is 1. The Morgan fingerprint density at radius 1 is 0.326 bits per heavy atom. The summed E-state index contributed by atoms with van der Waals surface area (Å²) in [6.45, 7) is 4.81. The molecule has 552 valence electrons. The minimum Gasteiger partial charge on any atom is -0.477 e. The van der Waals surface area contributed by atoms with Crippen molar-refractivity contribution in [3.8, 4) is 0 Å². The fraction of sp³-hybridized carbons (Fsp3) is 0.802. The van der Waals surface area contributed by atoms with Gasteiger partial charge in [0.15, 0.2) is 6.10 Å². The summed E-state index contributed by atoms with van der Waals surface area (Å²) in [5, 5.41) is 9.78. The Balaban J connectivity index is 3.97. The second kappa shape index (κ2) is 76.2. The first kappa shape index (κ1) is 91.5. The van der Waals surface area contributed by atoms with Crippen molar-refractivity contribution < 1.29 is 42.9 Å². The molecule has 0 radical (unpaired) electrons. The van der Waals surface area contributed by atoms with Crippen LogP contribution in [0.5, 0.6) is 0 Å². The zero-order valence-electron chi connectivity index (χ0n) is 63.3. The number of hydrogen-bond donors (Lipinski definition) is 1. The second-order valence-corrected chi connectivity index (χ2v) is 28.7. The fourth-order valence-electron chi connectivity index (χ4n) is 12.0. The zero-order chi connectivity index (χ0) is 69.0. The molecular formula is C86H156NO8+. The van der Waals surface area contributed by atoms with E-state index in [1.165, 1.54) is 283 Å². The van der Waals surface area contributed by atoms with Crippen LogP contribution in [0.25, 0.3) is 0 Å². The van der Waals surface area contributed by atoms with Gasteiger partial charge in [0.25, 0.3) is 6.29 Å². The molecule has 0 bridgehead atoms. The Bertz CT molecular complexity index is 1840. The highest BCUT2D eigenvalue weighted by atomic mass is 16.7. The average molecular weight is 1330 g/mol. The molecule has 0 saturated carbocycles. The molecule has 0 aromatic heterocycles. The summed E-state index contributed by atoms with van der Waals surface area (Å²) >= 11 is 0. The van der Waals surface area contributed by atoms with Crippen molar-refractivity contribution >= 4 is 17.9 Å². The lowest BCUT2D eigenvalue weighted by molar-refractivity contribution is -0.870. The molecule has 0 aliphatic heterocycles. The average Bonchev–Trinajstić information content (AvgIpc) is 3.75. The van der Waals surface area contributed by atoms with E-state index in [-0.39, 0.29) is 38.2 Å². The lowest BCUT2D eigenvalue weighted by Gasteiger charge is -2.25. The first-order valence-electron chi connectivity index (χ1n) is 40.8. The summed E-state index contributed by atoms with van der Waals surface area (Å²) in [5.74, 6) is -1.98. The monoisotopic (exact) mass is 1330 g/mol. The van der Waals surface area contributed by atoms with Gasteiger partial charge in [0.05, 0.1) is 34.4 Å². The third-order valence-electron chi connectivity index (χ3n) is 18.1. The summed E-state index contributed by atoms with van der Waals surface area (Å²) in [7, 11) is 5.99. The molecule has 0 aromatic carbocycles. The van der Waals surface area contributed by atoms with E-state index in [1.807, 2.05) is 21.1 Å². The lowest BCUT2D eigenvalue weighted by atomic mass is 10.0. The molecule has 9 nitrogen and oxygen atoms in total. The number of carbonyl (C=O) groups excluding carboxylic acids is 2. The number of ether oxygens (including phenoxy) is 4. The number of quaternary nitrogens is 1. The van der Waals surface area contributed by atoms with Gasteiger partial charge in [-0.2, -0.15) is 0 Å². The third-order valence-corrected chi connectivity index (χ3v) is 18.1. The highest BCUT2D eigenvalue weighted by Gasteiger charge is 2.25. The van der Waals surface area contributed by atoms with Crippen molar-refractivity contribution in [2.24, 2.45) is 0 Å². The normalized spacial score (nSPS) is 13.1. The van der Waals surface area contributed by atoms with Gasteiger partial charge in [-0.1, -0.05) is 369 Å². The van der Waals surface area contributed by atoms with Crippen molar-refractivity contribution in [2.75, 3.05) is 47.5 Å². The minimum absolute atomic E-state index is 0.179. The predicted molar refractivity (Wildman–Crippen MR) is 410 cm³/mol. The Morgan fingerprint density at radius 2 is 0.600 bits per heavy atom. The van der Waals surface area contributed by atoms with Gasteiger partial charge in [-0.05, 0) is 89.9 Å². The number of rotatable bonds is 76. The zero-order valence-corrected chi connectivity index (χ0v) is 63.3. The molecule has 2 unspecified atom stereocenters. The van der Waals surface area contributed by atoms with Gasteiger partial charge in [-0.15, -0.1) is 0 Å². The van der Waals surface area contributed by atoms with Gasteiger partial charge in [0, 0.05) is 12.8 Å². The lowest BCUT2D eigenvalue weighted by Crippen LogP contribution is -2.40. The van der Waals surface area contributed by atoms with E-state index in [4.69, 9.17) is 18.9 Å². The molecule has 0 aliphatic carbocycles. The van der Waals surface area contributed by atoms with Crippen molar-refractivity contribution in [3.63, 3.8) is 0 Å². The predicted octanol–water partition coefficient (Wildman–Crippen LogP) is 26.2. The van der Waals surface area contributed by atoms with Crippen molar-refractivity contribution in [1.29, 1.82) is 0 Å². The van der Waals surface area contributed by atoms with E-state index in [2.05, 4.69) is 98.9 Å². The maximum atomic E-state index is 13.0. The van der Waals surface area contributed by atoms with Crippen LogP contribution < -0.4 is 0 Å². The van der Waals surface area contributed by atoms with Crippen molar-refractivity contribution in [1.82, 2.24) is 0 Å². The minimum atomic E-state index is -1.51. The van der Waals surface area contributed by atoms with Crippen LogP contribution in [0.1, 0.15) is 386 Å². The molecule has 2 atom stereocenters. The number of carbonyl (C=O) groups is 3. The first-order chi connectivity index (χ1) is 46.6. The maximum absolute atomic E-state index is 13.0. The third kappa shape index (κ3) is 77.7. The standard InChI is InChI=1S/C86H155NO8/c1-6-8-10-12-14-16-18-20-22-24-26-28-30-32-34-36-38-40-41-42-43-45-46-48-50-52-54-56-58-60-62-64-66-68-70-72-74-76-83(88)93-80-82(81-94-86(85(90)91)92-79-78-87(3,4)5)95-84(89)77-75-73-71-69-67-65-63-61-59-57-55-53-51-49-47-44-39-37-35-33-31-29-27-25-23-21-19-17-15-13-11-9-7-2/h9,11,15,17-18,20-21,23-24,26-27,29-30,32,82,86H,6-8,10,12-14,16,19,22,25,28,31,33-81H2,1-5H3/p+1/b11-9-,17-15-,20-18-,23-21-,26-24-,29-27-,32-30-. The molecule has 0 amide bonds. The van der Waals surface area contributed by atoms with Crippen LogP contribution in [0.15, 0.2) is 85.1 Å². The number of carboxylic acids is 1. The summed E-state index contributed by atoms with van der Waals surface area (Å²) in [4.78, 5) is 37.8. The van der Waals surface area contributed by atoms with E-state index in [9.17, 15) is 19.5 Å². The fourth-order valence-corrected chi connectivity index (χ4v) is 12.0. The first-order valence-corrected chi connectivity index (χ1v) is 40.8. The topological polar surface area (TPSA) is 108 Å². The van der Waals surface area contributed by atoms with Crippen molar-refractivity contribution in [3.05, 3.63) is 85.1 Å². The van der Waals surface area contributed by atoms with Gasteiger partial charge < -0.3 is 28.5 Å². The summed E-state index contributed by atoms with van der Waals surface area (Å²) in [6.07, 6.45) is 102. The SMILES string of the molecule is CC/C=C\C/C=C\C/C=C\C/C=C\CCCCCCCCCCCCCCCCCCCCCCC(=O)OC(COC(=O)CCCCCCCCCCCCCCCCCCCCCCCC/C=C\C/C=C\C/C=C\CCCCCCC)COC(OCC[N+](C)(C)C)C(=O)O. The van der Waals surface area contributed by atoms with E-state index in [0.29, 0.717) is 17.4 Å². The smallest absolute Gasteiger partial charge is 0.361 e. The molecule has 0 fully saturated rings. The number of esters is 2. The number of hydrogen-bond acceptors (Lipinski definition) is 7. The summed E-state index contributed by atoms with van der Waals surface area (Å²) in [5.41, 5.74) is 0. The number of likely N-dealkylation sites (N-methyl/N-ethyl adjacent to an activating group) is 1. The number of allylic oxidation sites excluding steroid dienone is 14. The number of unbranched alkanes of at least 4 members (excludes halogenated alkanes) is 47. The highest BCUT2D eigenvalue weighted by Crippen LogP contribution is 2.19. The van der Waals surface area contributed by atoms with E-state index in [1.54, 1.807) is 0 Å². The molecule has 0 aliphatic rings. The van der Waals surface area contributed by atoms with Crippen LogP contribution in [-0.4, -0.2) is 87.4 Å². The van der Waals surface area contributed by atoms with Crippen LogP contribution in [0.3, 0.4) is 0 Å². The quantitative estimate of drug-likeness (QED) is 0.0211. The Kier molecular flexibility index (Phi) is 73.4.